The van der Waals surface area contributed by atoms with Gasteiger partial charge in [0.15, 0.2) is 30.9 Å². The summed E-state index contributed by atoms with van der Waals surface area (Å²) in [6.07, 6.45) is -10.4. The summed E-state index contributed by atoms with van der Waals surface area (Å²) in [5.74, 6) is -1.07. The van der Waals surface area contributed by atoms with E-state index >= 15 is 0 Å². The average Bonchev–Trinajstić information content (AvgIpc) is 0.877. The van der Waals surface area contributed by atoms with Gasteiger partial charge in [-0.25, -0.2) is 0 Å². The van der Waals surface area contributed by atoms with E-state index < -0.39 is 102 Å². The summed E-state index contributed by atoms with van der Waals surface area (Å²) < 4.78 is 96.5. The molecule has 8 unspecified atom stereocenters. The summed E-state index contributed by atoms with van der Waals surface area (Å²) in [7, 11) is 0. The topological polar surface area (TPSA) is 163 Å². The molecule has 3 heterocycles. The molecule has 93 heavy (non-hydrogen) atoms. The molecule has 3 aliphatic heterocycles. The molecule has 0 spiro atoms. The molecule has 7 aromatic carbocycles. The SMILES string of the molecule is CC(C)(C)C(=O)O[C@H]1C(OCC2OC(O[C@@H]3C(OCc4ccccc4)C=COC3COCc3ccccc3)[C@H](OC(=O)C(C)(C)C)C(OCc3ccccc3)[C@H]2OCc2ccccc2)OC(COCc2ccccc2)[C@H](OCc2ccccc2)C1OCc1ccccc1. The van der Waals surface area contributed by atoms with E-state index in [-0.39, 0.29) is 59.5 Å². The van der Waals surface area contributed by atoms with Crippen LogP contribution < -0.4 is 0 Å². The van der Waals surface area contributed by atoms with Gasteiger partial charge in [-0.1, -0.05) is 212 Å². The molecule has 10 rings (SSSR count). The molecule has 0 bridgehead atoms. The van der Waals surface area contributed by atoms with Crippen molar-refractivity contribution >= 4 is 11.9 Å². The second-order valence-corrected chi connectivity index (χ2v) is 25.6. The minimum atomic E-state index is -1.42. The van der Waals surface area contributed by atoms with Crippen molar-refractivity contribution in [1.29, 1.82) is 0 Å². The first-order valence-corrected chi connectivity index (χ1v) is 32.0. The summed E-state index contributed by atoms with van der Waals surface area (Å²) in [5, 5.41) is 0. The van der Waals surface area contributed by atoms with Gasteiger partial charge in [-0.2, -0.15) is 0 Å². The third kappa shape index (κ3) is 20.3. The fourth-order valence-corrected chi connectivity index (χ4v) is 10.9. The number of hydrogen-bond acceptors (Lipinski definition) is 16. The highest BCUT2D eigenvalue weighted by Crippen LogP contribution is 2.38. The Morgan fingerprint density at radius 3 is 1.02 bits per heavy atom. The van der Waals surface area contributed by atoms with E-state index in [0.717, 1.165) is 38.9 Å². The Hall–Kier alpha value is -7.42. The van der Waals surface area contributed by atoms with Crippen LogP contribution in [0, 0.1) is 10.8 Å². The Kier molecular flexibility index (Phi) is 25.1. The Morgan fingerprint density at radius 2 is 0.645 bits per heavy atom. The molecule has 7 aromatic rings. The van der Waals surface area contributed by atoms with Gasteiger partial charge in [0, 0.05) is 0 Å². The van der Waals surface area contributed by atoms with Crippen LogP contribution in [-0.4, -0.2) is 111 Å². The fraction of sp³-hybridized carbons (Fsp3) is 0.403. The first-order valence-electron chi connectivity index (χ1n) is 32.0. The molecule has 492 valence electrons. The second kappa shape index (κ2) is 34.1. The van der Waals surface area contributed by atoms with Crippen molar-refractivity contribution in [2.75, 3.05) is 19.8 Å². The van der Waals surface area contributed by atoms with Gasteiger partial charge in [0.2, 0.25) is 0 Å². The van der Waals surface area contributed by atoms with Gasteiger partial charge in [-0.15, -0.1) is 0 Å². The van der Waals surface area contributed by atoms with Gasteiger partial charge in [0.05, 0.1) is 83.2 Å². The molecule has 0 amide bonds. The molecular weight excluding hydrogens is 1180 g/mol. The highest BCUT2D eigenvalue weighted by atomic mass is 16.8. The van der Waals surface area contributed by atoms with E-state index in [1.807, 2.05) is 212 Å². The van der Waals surface area contributed by atoms with E-state index in [2.05, 4.69) is 0 Å². The minimum Gasteiger partial charge on any atom is -0.493 e. The Balaban J connectivity index is 1.05. The molecule has 2 saturated heterocycles. The number of rotatable bonds is 30. The van der Waals surface area contributed by atoms with E-state index in [0.29, 0.717) is 6.61 Å². The smallest absolute Gasteiger partial charge is 0.311 e. The molecular formula is C77H88O16. The molecule has 13 atom stereocenters. The van der Waals surface area contributed by atoms with Crippen molar-refractivity contribution in [3.05, 3.63) is 264 Å². The predicted molar refractivity (Wildman–Crippen MR) is 348 cm³/mol. The Bertz CT molecular complexity index is 3310. The van der Waals surface area contributed by atoms with Gasteiger partial charge in [0.25, 0.3) is 0 Å². The average molecular weight is 1270 g/mol. The zero-order chi connectivity index (χ0) is 64.8. The van der Waals surface area contributed by atoms with Gasteiger partial charge in [-0.3, -0.25) is 9.59 Å². The summed E-state index contributed by atoms with van der Waals surface area (Å²) in [5.41, 5.74) is 4.37. The second-order valence-electron chi connectivity index (χ2n) is 25.6. The van der Waals surface area contributed by atoms with Crippen molar-refractivity contribution in [2.45, 2.75) is 168 Å². The molecule has 0 N–H and O–H groups in total. The molecule has 16 heteroatoms. The molecule has 0 saturated carbocycles. The van der Waals surface area contributed by atoms with Gasteiger partial charge >= 0.3 is 11.9 Å². The minimum absolute atomic E-state index is 0.0237. The lowest BCUT2D eigenvalue weighted by molar-refractivity contribution is -0.356. The van der Waals surface area contributed by atoms with Crippen LogP contribution in [0.15, 0.2) is 225 Å². The number of carbonyl (C=O) groups excluding carboxylic acids is 2. The van der Waals surface area contributed by atoms with Crippen molar-refractivity contribution in [3.8, 4) is 0 Å². The van der Waals surface area contributed by atoms with Gasteiger partial charge < -0.3 is 66.3 Å². The van der Waals surface area contributed by atoms with Gasteiger partial charge in [-0.05, 0) is 86.6 Å². The van der Waals surface area contributed by atoms with Crippen LogP contribution in [0.4, 0.5) is 0 Å². The number of esters is 2. The molecule has 0 aliphatic carbocycles. The normalized spacial score (nSPS) is 24.8. The van der Waals surface area contributed by atoms with Crippen molar-refractivity contribution < 1.29 is 75.9 Å². The van der Waals surface area contributed by atoms with Crippen LogP contribution in [0.2, 0.25) is 0 Å². The van der Waals surface area contributed by atoms with Crippen molar-refractivity contribution in [1.82, 2.24) is 0 Å². The zero-order valence-corrected chi connectivity index (χ0v) is 54.0. The lowest BCUT2D eigenvalue weighted by Gasteiger charge is -2.49. The third-order valence-electron chi connectivity index (χ3n) is 16.0. The van der Waals surface area contributed by atoms with E-state index in [4.69, 9.17) is 66.3 Å². The zero-order valence-electron chi connectivity index (χ0n) is 54.0. The predicted octanol–water partition coefficient (Wildman–Crippen LogP) is 13.0. The summed E-state index contributed by atoms with van der Waals surface area (Å²) in [6.45, 7) is 11.7. The van der Waals surface area contributed by atoms with Crippen LogP contribution in [0.5, 0.6) is 0 Å². The summed E-state index contributed by atoms with van der Waals surface area (Å²) in [4.78, 5) is 29.2. The van der Waals surface area contributed by atoms with Crippen LogP contribution in [0.1, 0.15) is 80.5 Å². The first kappa shape index (κ1) is 68.4. The first-order chi connectivity index (χ1) is 45.2. The number of ether oxygens (including phenoxy) is 14. The molecule has 3 aliphatic rings. The van der Waals surface area contributed by atoms with Crippen molar-refractivity contribution in [2.24, 2.45) is 10.8 Å². The lowest BCUT2D eigenvalue weighted by atomic mass is 9.94. The van der Waals surface area contributed by atoms with E-state index in [9.17, 15) is 9.59 Å². The number of carbonyl (C=O) groups is 2. The molecule has 0 radical (unpaired) electrons. The monoisotopic (exact) mass is 1270 g/mol. The third-order valence-corrected chi connectivity index (χ3v) is 16.0. The largest absolute Gasteiger partial charge is 0.493 e. The maximum atomic E-state index is 14.6. The number of hydrogen-bond donors (Lipinski definition) is 0. The highest BCUT2D eigenvalue weighted by molar-refractivity contribution is 5.76. The van der Waals surface area contributed by atoms with Crippen LogP contribution in [0.25, 0.3) is 0 Å². The van der Waals surface area contributed by atoms with Crippen molar-refractivity contribution in [3.63, 3.8) is 0 Å². The summed E-state index contributed by atoms with van der Waals surface area (Å²) >= 11 is 0. The van der Waals surface area contributed by atoms with E-state index in [1.54, 1.807) is 53.9 Å². The van der Waals surface area contributed by atoms with Crippen LogP contribution in [-0.2, 0) is 122 Å². The molecule has 0 aromatic heterocycles. The summed E-state index contributed by atoms with van der Waals surface area (Å²) in [6, 6.07) is 68.5. The van der Waals surface area contributed by atoms with Crippen LogP contribution in [0.3, 0.4) is 0 Å². The fourth-order valence-electron chi connectivity index (χ4n) is 10.9. The molecule has 2 fully saturated rings. The van der Waals surface area contributed by atoms with Gasteiger partial charge in [0.1, 0.15) is 48.8 Å². The maximum absolute atomic E-state index is 14.6. The lowest BCUT2D eigenvalue weighted by Crippen LogP contribution is -2.65. The Labute approximate surface area is 547 Å². The van der Waals surface area contributed by atoms with Crippen LogP contribution >= 0.6 is 0 Å². The maximum Gasteiger partial charge on any atom is 0.311 e. The Morgan fingerprint density at radius 1 is 0.333 bits per heavy atom. The number of benzene rings is 7. The standard InChI is InChI=1S/C77H88O16/c1-76(2,3)74(78)92-70-68(86-49-59-38-24-12-25-39-59)66(84-47-57-34-20-10-21-35-57)63(52-81-45-55-30-16-8-17-31-55)89-72(70)88-53-64-67(85-48-58-36-22-11-23-37-58)69(87-50-60-40-26-13-27-41-60)71(93-75(79)77(4,5)6)73(90-64)91-65-61(83-46-56-32-18-9-19-33-56)42-43-82-62(65)51-80-44-54-28-14-7-15-29-54/h7-43,61-73H,44-53H2,1-6H3/t61?,62?,63?,64?,65-,66+,67+,68?,69?,70-,71-,72?,73?/m1/s1. The van der Waals surface area contributed by atoms with E-state index in [1.165, 1.54) is 0 Å². The highest BCUT2D eigenvalue weighted by Gasteiger charge is 2.55. The quantitative estimate of drug-likeness (QED) is 0.0390. The molecule has 16 nitrogen and oxygen atoms in total.